The predicted molar refractivity (Wildman–Crippen MR) is 79.8 cm³/mol. The molecule has 0 unspecified atom stereocenters. The summed E-state index contributed by atoms with van der Waals surface area (Å²) >= 11 is 5.91. The van der Waals surface area contributed by atoms with Gasteiger partial charge in [-0.05, 0) is 29.1 Å². The van der Waals surface area contributed by atoms with Gasteiger partial charge in [0.15, 0.2) is 5.65 Å². The van der Waals surface area contributed by atoms with Crippen LogP contribution in [-0.4, -0.2) is 20.2 Å². The first kappa shape index (κ1) is 12.9. The van der Waals surface area contributed by atoms with Crippen LogP contribution < -0.4 is 5.32 Å². The van der Waals surface area contributed by atoms with Gasteiger partial charge in [0, 0.05) is 6.54 Å². The smallest absolute Gasteiger partial charge is 0.226 e. The Morgan fingerprint density at radius 1 is 1.20 bits per heavy atom. The van der Waals surface area contributed by atoms with Gasteiger partial charge in [-0.15, -0.1) is 0 Å². The van der Waals surface area contributed by atoms with Crippen LogP contribution in [0.25, 0.3) is 11.0 Å². The van der Waals surface area contributed by atoms with Crippen LogP contribution in [-0.2, 0) is 13.0 Å². The molecular formula is C14H14ClN5. The van der Waals surface area contributed by atoms with E-state index in [4.69, 9.17) is 11.6 Å². The summed E-state index contributed by atoms with van der Waals surface area (Å²) in [5.41, 5.74) is 3.21. The summed E-state index contributed by atoms with van der Waals surface area (Å²) < 4.78 is 0. The van der Waals surface area contributed by atoms with E-state index in [1.807, 2.05) is 6.07 Å². The molecule has 3 rings (SSSR count). The van der Waals surface area contributed by atoms with Gasteiger partial charge >= 0.3 is 0 Å². The molecule has 2 N–H and O–H groups in total. The van der Waals surface area contributed by atoms with Gasteiger partial charge in [0.2, 0.25) is 5.28 Å². The first-order valence-corrected chi connectivity index (χ1v) is 6.83. The lowest BCUT2D eigenvalue weighted by atomic mass is 10.1. The maximum absolute atomic E-state index is 5.91. The number of anilines is 1. The molecule has 0 spiro atoms. The Kier molecular flexibility index (Phi) is 3.52. The van der Waals surface area contributed by atoms with Crippen molar-refractivity contribution < 1.29 is 0 Å². The summed E-state index contributed by atoms with van der Waals surface area (Å²) in [5, 5.41) is 11.1. The summed E-state index contributed by atoms with van der Waals surface area (Å²) in [5.74, 6) is 0.694. The zero-order chi connectivity index (χ0) is 13.9. The van der Waals surface area contributed by atoms with E-state index in [1.54, 1.807) is 6.20 Å². The van der Waals surface area contributed by atoms with E-state index in [9.17, 15) is 0 Å². The average Bonchev–Trinajstić information content (AvgIpc) is 2.93. The van der Waals surface area contributed by atoms with Gasteiger partial charge in [-0.2, -0.15) is 15.1 Å². The van der Waals surface area contributed by atoms with Gasteiger partial charge < -0.3 is 5.32 Å². The van der Waals surface area contributed by atoms with Gasteiger partial charge in [-0.1, -0.05) is 31.2 Å². The second kappa shape index (κ2) is 5.46. The van der Waals surface area contributed by atoms with Crippen LogP contribution in [0.3, 0.4) is 0 Å². The number of aromatic amines is 1. The highest BCUT2D eigenvalue weighted by Crippen LogP contribution is 2.21. The van der Waals surface area contributed by atoms with E-state index in [-0.39, 0.29) is 5.28 Å². The molecule has 0 bridgehead atoms. The van der Waals surface area contributed by atoms with Crippen molar-refractivity contribution >= 4 is 28.5 Å². The number of rotatable bonds is 4. The Morgan fingerprint density at radius 3 is 2.80 bits per heavy atom. The fourth-order valence-corrected chi connectivity index (χ4v) is 2.37. The van der Waals surface area contributed by atoms with Crippen LogP contribution in [0.1, 0.15) is 18.1 Å². The molecule has 0 amide bonds. The maximum Gasteiger partial charge on any atom is 0.226 e. The zero-order valence-electron chi connectivity index (χ0n) is 11.0. The highest BCUT2D eigenvalue weighted by atomic mass is 35.5. The fourth-order valence-electron chi connectivity index (χ4n) is 2.20. The summed E-state index contributed by atoms with van der Waals surface area (Å²) in [6, 6.07) is 8.34. The Balaban J connectivity index is 1.88. The molecule has 0 aliphatic carbocycles. The van der Waals surface area contributed by atoms with Crippen molar-refractivity contribution in [3.8, 4) is 0 Å². The number of hydrogen-bond donors (Lipinski definition) is 2. The molecule has 0 saturated heterocycles. The summed E-state index contributed by atoms with van der Waals surface area (Å²) in [6.45, 7) is 2.84. The summed E-state index contributed by atoms with van der Waals surface area (Å²) in [4.78, 5) is 8.31. The lowest BCUT2D eigenvalue weighted by Gasteiger charge is -2.10. The average molecular weight is 288 g/mol. The topological polar surface area (TPSA) is 66.5 Å². The Hall–Kier alpha value is -2.14. The van der Waals surface area contributed by atoms with Crippen LogP contribution in [0.4, 0.5) is 5.82 Å². The molecule has 3 aromatic rings. The SMILES string of the molecule is CCc1ccccc1CNc1nc(Cl)nc2[nH]ncc12. The van der Waals surface area contributed by atoms with Gasteiger partial charge in [0.1, 0.15) is 5.82 Å². The van der Waals surface area contributed by atoms with Crippen LogP contribution in [0.15, 0.2) is 30.5 Å². The van der Waals surface area contributed by atoms with Crippen molar-refractivity contribution in [1.29, 1.82) is 0 Å². The third kappa shape index (κ3) is 2.44. The number of benzene rings is 1. The molecule has 5 nitrogen and oxygen atoms in total. The van der Waals surface area contributed by atoms with Crippen LogP contribution >= 0.6 is 11.6 Å². The Bertz CT molecular complexity index is 737. The second-order valence-corrected chi connectivity index (χ2v) is 4.79. The molecule has 2 heterocycles. The van der Waals surface area contributed by atoms with E-state index in [2.05, 4.69) is 50.6 Å². The fraction of sp³-hybridized carbons (Fsp3) is 0.214. The zero-order valence-corrected chi connectivity index (χ0v) is 11.8. The summed E-state index contributed by atoms with van der Waals surface area (Å²) in [7, 11) is 0. The van der Waals surface area contributed by atoms with E-state index >= 15 is 0 Å². The molecule has 0 aliphatic rings. The third-order valence-corrected chi connectivity index (χ3v) is 3.40. The second-order valence-electron chi connectivity index (χ2n) is 4.45. The highest BCUT2D eigenvalue weighted by molar-refractivity contribution is 6.28. The minimum absolute atomic E-state index is 0.202. The maximum atomic E-state index is 5.91. The lowest BCUT2D eigenvalue weighted by Crippen LogP contribution is -2.05. The molecule has 0 fully saturated rings. The molecule has 0 radical (unpaired) electrons. The largest absolute Gasteiger partial charge is 0.365 e. The van der Waals surface area contributed by atoms with Gasteiger partial charge in [0.25, 0.3) is 0 Å². The van der Waals surface area contributed by atoms with Crippen molar-refractivity contribution in [2.75, 3.05) is 5.32 Å². The highest BCUT2D eigenvalue weighted by Gasteiger charge is 2.08. The number of aromatic nitrogens is 4. The van der Waals surface area contributed by atoms with Gasteiger partial charge in [-0.25, -0.2) is 0 Å². The van der Waals surface area contributed by atoms with E-state index < -0.39 is 0 Å². The van der Waals surface area contributed by atoms with Crippen molar-refractivity contribution in [3.05, 3.63) is 46.9 Å². The van der Waals surface area contributed by atoms with Crippen molar-refractivity contribution in [2.45, 2.75) is 19.9 Å². The Morgan fingerprint density at radius 2 is 2.00 bits per heavy atom. The number of nitrogens with one attached hydrogen (secondary N) is 2. The molecule has 102 valence electrons. The van der Waals surface area contributed by atoms with Crippen LogP contribution in [0.2, 0.25) is 5.28 Å². The van der Waals surface area contributed by atoms with Gasteiger partial charge in [-0.3, -0.25) is 5.10 Å². The number of aryl methyl sites for hydroxylation is 1. The molecule has 0 atom stereocenters. The predicted octanol–water partition coefficient (Wildman–Crippen LogP) is 3.18. The van der Waals surface area contributed by atoms with Gasteiger partial charge in [0.05, 0.1) is 11.6 Å². The molecule has 0 aliphatic heterocycles. The third-order valence-electron chi connectivity index (χ3n) is 3.23. The van der Waals surface area contributed by atoms with Crippen LogP contribution in [0, 0.1) is 0 Å². The molecule has 20 heavy (non-hydrogen) atoms. The first-order chi connectivity index (χ1) is 9.78. The minimum Gasteiger partial charge on any atom is -0.365 e. The molecule has 0 saturated carbocycles. The number of halogens is 1. The van der Waals surface area contributed by atoms with E-state index in [0.29, 0.717) is 18.0 Å². The van der Waals surface area contributed by atoms with Crippen molar-refractivity contribution in [2.24, 2.45) is 0 Å². The molecule has 6 heteroatoms. The molecule has 2 aromatic heterocycles. The Labute approximate surface area is 121 Å². The standard InChI is InChI=1S/C14H14ClN5/c1-2-9-5-3-4-6-10(9)7-16-12-11-8-17-20-13(11)19-14(15)18-12/h3-6,8H,2,7H2,1H3,(H2,16,17,18,19,20). The van der Waals surface area contributed by atoms with Crippen molar-refractivity contribution in [3.63, 3.8) is 0 Å². The number of nitrogens with zero attached hydrogens (tertiary/aromatic N) is 3. The number of fused-ring (bicyclic) bond motifs is 1. The van der Waals surface area contributed by atoms with E-state index in [1.165, 1.54) is 11.1 Å². The monoisotopic (exact) mass is 287 g/mol. The molecule has 1 aromatic carbocycles. The quantitative estimate of drug-likeness (QED) is 0.723. The van der Waals surface area contributed by atoms with E-state index in [0.717, 1.165) is 11.8 Å². The first-order valence-electron chi connectivity index (χ1n) is 6.45. The number of H-pyrrole nitrogens is 1. The molecular weight excluding hydrogens is 274 g/mol. The van der Waals surface area contributed by atoms with Crippen molar-refractivity contribution in [1.82, 2.24) is 20.2 Å². The summed E-state index contributed by atoms with van der Waals surface area (Å²) in [6.07, 6.45) is 2.70. The van der Waals surface area contributed by atoms with Crippen LogP contribution in [0.5, 0.6) is 0 Å². The normalized spacial score (nSPS) is 10.9. The minimum atomic E-state index is 0.202. The number of hydrogen-bond acceptors (Lipinski definition) is 4. The lowest BCUT2D eigenvalue weighted by molar-refractivity contribution is 1.03.